The molecule has 0 unspecified atom stereocenters. The first-order chi connectivity index (χ1) is 8.48. The van der Waals surface area contributed by atoms with Crippen molar-refractivity contribution in [3.8, 4) is 6.07 Å². The normalized spacial score (nSPS) is 11.0. The number of benzene rings is 1. The van der Waals surface area contributed by atoms with Gasteiger partial charge in [-0.1, -0.05) is 13.8 Å². The van der Waals surface area contributed by atoms with Crippen molar-refractivity contribution < 1.29 is 4.74 Å². The molecule has 0 radical (unpaired) electrons. The zero-order chi connectivity index (χ0) is 13.6. The van der Waals surface area contributed by atoms with Gasteiger partial charge in [-0.3, -0.25) is 0 Å². The van der Waals surface area contributed by atoms with Gasteiger partial charge in [0.05, 0.1) is 11.3 Å². The van der Waals surface area contributed by atoms with E-state index in [9.17, 15) is 0 Å². The smallest absolute Gasteiger partial charge is 0.101 e. The van der Waals surface area contributed by atoms with Crippen LogP contribution in [0.5, 0.6) is 0 Å². The van der Waals surface area contributed by atoms with Gasteiger partial charge in [0.2, 0.25) is 0 Å². The summed E-state index contributed by atoms with van der Waals surface area (Å²) >= 11 is 0. The average molecular weight is 247 g/mol. The summed E-state index contributed by atoms with van der Waals surface area (Å²) in [4.78, 5) is 0. The predicted molar refractivity (Wildman–Crippen MR) is 74.3 cm³/mol. The number of nitrogen functional groups attached to an aromatic ring is 1. The topological polar surface area (TPSA) is 71.1 Å². The van der Waals surface area contributed by atoms with Crippen LogP contribution in [0.15, 0.2) is 18.2 Å². The molecule has 0 aliphatic heterocycles. The third-order valence-electron chi connectivity index (χ3n) is 2.90. The van der Waals surface area contributed by atoms with Crippen LogP contribution in [0, 0.1) is 16.7 Å². The molecule has 1 aromatic rings. The molecular weight excluding hydrogens is 226 g/mol. The first-order valence-corrected chi connectivity index (χ1v) is 6.01. The molecule has 98 valence electrons. The Balaban J connectivity index is 2.66. The summed E-state index contributed by atoms with van der Waals surface area (Å²) < 4.78 is 5.09. The van der Waals surface area contributed by atoms with E-state index in [0.29, 0.717) is 11.3 Å². The van der Waals surface area contributed by atoms with Crippen LogP contribution in [0.2, 0.25) is 0 Å². The number of nitrogens with zero attached hydrogens (tertiary/aromatic N) is 1. The number of ether oxygens (including phenoxy) is 1. The van der Waals surface area contributed by atoms with E-state index < -0.39 is 0 Å². The lowest BCUT2D eigenvalue weighted by Crippen LogP contribution is -2.24. The van der Waals surface area contributed by atoms with Gasteiger partial charge in [-0.25, -0.2) is 0 Å². The lowest BCUT2D eigenvalue weighted by Gasteiger charge is -2.25. The maximum absolute atomic E-state index is 9.05. The molecule has 4 heteroatoms. The van der Waals surface area contributed by atoms with Crippen molar-refractivity contribution in [1.82, 2.24) is 0 Å². The van der Waals surface area contributed by atoms with E-state index in [1.54, 1.807) is 19.2 Å². The van der Waals surface area contributed by atoms with Gasteiger partial charge < -0.3 is 15.8 Å². The molecule has 1 aromatic carbocycles. The lowest BCUT2D eigenvalue weighted by atomic mass is 9.89. The van der Waals surface area contributed by atoms with Gasteiger partial charge in [-0.15, -0.1) is 0 Å². The number of hydrogen-bond donors (Lipinski definition) is 2. The molecule has 4 nitrogen and oxygen atoms in total. The second-order valence-corrected chi connectivity index (χ2v) is 5.18. The van der Waals surface area contributed by atoms with Crippen LogP contribution in [-0.4, -0.2) is 20.3 Å². The molecule has 1 rings (SSSR count). The summed E-state index contributed by atoms with van der Waals surface area (Å²) in [6.45, 7) is 5.86. The molecule has 0 aliphatic rings. The van der Waals surface area contributed by atoms with E-state index in [2.05, 4.69) is 25.2 Å². The predicted octanol–water partition coefficient (Wildman–Crippen LogP) is 2.62. The summed E-state index contributed by atoms with van der Waals surface area (Å²) in [5, 5.41) is 12.4. The monoisotopic (exact) mass is 247 g/mol. The van der Waals surface area contributed by atoms with E-state index in [-0.39, 0.29) is 5.41 Å². The van der Waals surface area contributed by atoms with Crippen molar-refractivity contribution in [3.63, 3.8) is 0 Å². The minimum atomic E-state index is 0.115. The highest BCUT2D eigenvalue weighted by Crippen LogP contribution is 2.23. The van der Waals surface area contributed by atoms with Crippen LogP contribution in [0.1, 0.15) is 25.8 Å². The van der Waals surface area contributed by atoms with Crippen molar-refractivity contribution in [2.75, 3.05) is 31.3 Å². The highest BCUT2D eigenvalue weighted by molar-refractivity contribution is 5.62. The van der Waals surface area contributed by atoms with E-state index in [0.717, 1.165) is 25.3 Å². The molecule has 0 bridgehead atoms. The number of nitriles is 1. The summed E-state index contributed by atoms with van der Waals surface area (Å²) in [6.07, 6.45) is 0.966. The molecule has 0 atom stereocenters. The Morgan fingerprint density at radius 1 is 1.44 bits per heavy atom. The Labute approximate surface area is 109 Å². The number of methoxy groups -OCH3 is 1. The summed E-state index contributed by atoms with van der Waals surface area (Å²) in [7, 11) is 1.71. The van der Waals surface area contributed by atoms with Crippen LogP contribution >= 0.6 is 0 Å². The molecule has 0 saturated carbocycles. The molecule has 0 fully saturated rings. The molecule has 3 N–H and O–H groups in total. The van der Waals surface area contributed by atoms with Crippen molar-refractivity contribution in [2.24, 2.45) is 5.41 Å². The Bertz CT molecular complexity index is 435. The molecule has 0 aromatic heterocycles. The average Bonchev–Trinajstić information content (AvgIpc) is 2.35. The number of hydrogen-bond acceptors (Lipinski definition) is 4. The highest BCUT2D eigenvalue weighted by Gasteiger charge is 2.17. The summed E-state index contributed by atoms with van der Waals surface area (Å²) in [6, 6.07) is 7.48. The van der Waals surface area contributed by atoms with Gasteiger partial charge in [0.1, 0.15) is 6.07 Å². The van der Waals surface area contributed by atoms with Crippen molar-refractivity contribution >= 4 is 11.4 Å². The first-order valence-electron chi connectivity index (χ1n) is 6.01. The van der Waals surface area contributed by atoms with Crippen LogP contribution in [-0.2, 0) is 4.74 Å². The quantitative estimate of drug-likeness (QED) is 0.758. The highest BCUT2D eigenvalue weighted by atomic mass is 16.5. The number of anilines is 2. The van der Waals surface area contributed by atoms with Crippen LogP contribution in [0.4, 0.5) is 11.4 Å². The molecular formula is C14H21N3O. The second-order valence-electron chi connectivity index (χ2n) is 5.18. The largest absolute Gasteiger partial charge is 0.399 e. The van der Waals surface area contributed by atoms with Gasteiger partial charge in [0, 0.05) is 25.9 Å². The zero-order valence-electron chi connectivity index (χ0n) is 11.3. The van der Waals surface area contributed by atoms with Gasteiger partial charge in [0.15, 0.2) is 0 Å². The number of nitrogens with one attached hydrogen (secondary N) is 1. The molecule has 0 saturated heterocycles. The maximum Gasteiger partial charge on any atom is 0.101 e. The molecule has 0 amide bonds. The minimum absolute atomic E-state index is 0.115. The van der Waals surface area contributed by atoms with E-state index in [4.69, 9.17) is 15.7 Å². The third-order valence-corrected chi connectivity index (χ3v) is 2.90. The van der Waals surface area contributed by atoms with Crippen LogP contribution < -0.4 is 11.1 Å². The Morgan fingerprint density at radius 2 is 2.17 bits per heavy atom. The van der Waals surface area contributed by atoms with Gasteiger partial charge in [-0.05, 0) is 30.0 Å². The molecule has 18 heavy (non-hydrogen) atoms. The van der Waals surface area contributed by atoms with Gasteiger partial charge in [-0.2, -0.15) is 5.26 Å². The van der Waals surface area contributed by atoms with Crippen molar-refractivity contribution in [2.45, 2.75) is 20.3 Å². The number of rotatable bonds is 6. The Hall–Kier alpha value is -1.73. The summed E-state index contributed by atoms with van der Waals surface area (Å²) in [5.74, 6) is 0. The van der Waals surface area contributed by atoms with Crippen LogP contribution in [0.3, 0.4) is 0 Å². The minimum Gasteiger partial charge on any atom is -0.399 e. The van der Waals surface area contributed by atoms with Gasteiger partial charge >= 0.3 is 0 Å². The first kappa shape index (κ1) is 14.3. The van der Waals surface area contributed by atoms with Crippen LogP contribution in [0.25, 0.3) is 0 Å². The van der Waals surface area contributed by atoms with E-state index >= 15 is 0 Å². The molecule has 0 aliphatic carbocycles. The van der Waals surface area contributed by atoms with Crippen molar-refractivity contribution in [1.29, 1.82) is 5.26 Å². The fourth-order valence-electron chi connectivity index (χ4n) is 1.61. The fraction of sp³-hybridized carbons (Fsp3) is 0.500. The fourth-order valence-corrected chi connectivity index (χ4v) is 1.61. The number of nitrogens with two attached hydrogens (primary N) is 1. The standard InChI is InChI=1S/C14H21N3O/c1-14(2,6-7-18-3)10-17-13-5-4-12(16)8-11(13)9-15/h4-5,8,17H,6-7,10,16H2,1-3H3. The Morgan fingerprint density at radius 3 is 2.78 bits per heavy atom. The second kappa shape index (κ2) is 6.27. The molecule has 0 spiro atoms. The van der Waals surface area contributed by atoms with Gasteiger partial charge in [0.25, 0.3) is 0 Å². The van der Waals surface area contributed by atoms with E-state index in [1.165, 1.54) is 0 Å². The zero-order valence-corrected chi connectivity index (χ0v) is 11.3. The third kappa shape index (κ3) is 4.27. The van der Waals surface area contributed by atoms with Crippen molar-refractivity contribution in [3.05, 3.63) is 23.8 Å². The Kier molecular flexibility index (Phi) is 4.99. The summed E-state index contributed by atoms with van der Waals surface area (Å²) in [5.41, 5.74) is 7.79. The maximum atomic E-state index is 9.05. The lowest BCUT2D eigenvalue weighted by molar-refractivity contribution is 0.157. The molecule has 0 heterocycles. The van der Waals surface area contributed by atoms with E-state index in [1.807, 2.05) is 6.07 Å². The SMILES string of the molecule is COCCC(C)(C)CNc1ccc(N)cc1C#N.